The van der Waals surface area contributed by atoms with Crippen molar-refractivity contribution in [2.24, 2.45) is 11.3 Å². The van der Waals surface area contributed by atoms with E-state index in [1.807, 2.05) is 30.3 Å². The van der Waals surface area contributed by atoms with Crippen LogP contribution in [0.1, 0.15) is 66.1 Å². The summed E-state index contributed by atoms with van der Waals surface area (Å²) in [5, 5.41) is 4.51. The first kappa shape index (κ1) is 21.2. The van der Waals surface area contributed by atoms with Crippen LogP contribution < -0.4 is 0 Å². The second-order valence-corrected chi connectivity index (χ2v) is 9.26. The second-order valence-electron chi connectivity index (χ2n) is 9.26. The molecule has 2 fully saturated rings. The van der Waals surface area contributed by atoms with Crippen molar-refractivity contribution in [3.8, 4) is 0 Å². The summed E-state index contributed by atoms with van der Waals surface area (Å²) in [5.74, 6) is -4.72. The monoisotopic (exact) mass is 444 g/mol. The first-order chi connectivity index (χ1) is 15.3. The Labute approximate surface area is 184 Å². The van der Waals surface area contributed by atoms with Gasteiger partial charge in [-0.15, -0.1) is 0 Å². The number of ketones is 1. The molecule has 0 radical (unpaired) electrons. The molecule has 2 heterocycles. The molecular formula is C24H26F2N2O4. The molecule has 1 aromatic carbocycles. The largest absolute Gasteiger partial charge is 0.460 e. The van der Waals surface area contributed by atoms with Crippen molar-refractivity contribution >= 4 is 11.8 Å². The minimum absolute atomic E-state index is 0.0715. The summed E-state index contributed by atoms with van der Waals surface area (Å²) in [6, 6.07) is 9.18. The van der Waals surface area contributed by atoms with Gasteiger partial charge in [-0.3, -0.25) is 9.59 Å². The topological polar surface area (TPSA) is 70.4 Å². The number of nitrogens with zero attached hydrogens (tertiary/aromatic N) is 2. The number of fused-ring (bicyclic) bond motifs is 2. The van der Waals surface area contributed by atoms with Gasteiger partial charge in [0.15, 0.2) is 5.78 Å². The maximum absolute atomic E-state index is 14.5. The molecule has 3 aliphatic rings. The first-order valence-corrected chi connectivity index (χ1v) is 11.1. The van der Waals surface area contributed by atoms with E-state index in [0.29, 0.717) is 17.9 Å². The van der Waals surface area contributed by atoms with E-state index in [-0.39, 0.29) is 31.4 Å². The van der Waals surface area contributed by atoms with Crippen molar-refractivity contribution in [3.63, 3.8) is 0 Å². The fourth-order valence-electron chi connectivity index (χ4n) is 5.11. The lowest BCUT2D eigenvalue weighted by atomic mass is 9.86. The third-order valence-corrected chi connectivity index (χ3v) is 7.19. The van der Waals surface area contributed by atoms with Crippen molar-refractivity contribution in [2.75, 3.05) is 6.61 Å². The minimum Gasteiger partial charge on any atom is -0.460 e. The van der Waals surface area contributed by atoms with Crippen molar-refractivity contribution in [2.45, 2.75) is 64.2 Å². The lowest BCUT2D eigenvalue weighted by Gasteiger charge is -2.26. The predicted octanol–water partition coefficient (Wildman–Crippen LogP) is 4.27. The molecule has 0 spiro atoms. The highest BCUT2D eigenvalue weighted by atomic mass is 19.3. The molecule has 1 aromatic heterocycles. The van der Waals surface area contributed by atoms with Crippen LogP contribution in [0.25, 0.3) is 0 Å². The van der Waals surface area contributed by atoms with Crippen LogP contribution in [0.4, 0.5) is 8.78 Å². The van der Waals surface area contributed by atoms with Gasteiger partial charge in [-0.05, 0) is 31.2 Å². The smallest absolute Gasteiger partial charge is 0.314 e. The third-order valence-electron chi connectivity index (χ3n) is 7.19. The Hall–Kier alpha value is -2.61. The molecule has 170 valence electrons. The number of hydrogen-bond donors (Lipinski definition) is 0. The van der Waals surface area contributed by atoms with Crippen LogP contribution >= 0.6 is 0 Å². The molecule has 0 amide bonds. The minimum atomic E-state index is -2.76. The number of rotatable bonds is 6. The molecule has 8 heteroatoms. The quantitative estimate of drug-likeness (QED) is 0.378. The Morgan fingerprint density at radius 3 is 2.75 bits per heavy atom. The Bertz CT molecular complexity index is 1050. The van der Waals surface area contributed by atoms with Gasteiger partial charge in [-0.2, -0.15) is 5.10 Å². The normalized spacial score (nSPS) is 27.8. The Morgan fingerprint density at radius 2 is 2.03 bits per heavy atom. The number of benzene rings is 1. The fraction of sp³-hybridized carbons (Fsp3) is 0.542. The van der Waals surface area contributed by atoms with Crippen LogP contribution in [0.15, 0.2) is 30.3 Å². The molecule has 1 saturated carbocycles. The van der Waals surface area contributed by atoms with E-state index in [0.717, 1.165) is 24.8 Å². The highest BCUT2D eigenvalue weighted by Crippen LogP contribution is 2.70. The van der Waals surface area contributed by atoms with Crippen molar-refractivity contribution < 1.29 is 27.8 Å². The number of Topliss-reactive ketones (excluding diaryl/α,β-unsaturated/α-hetero) is 1. The molecule has 2 aliphatic carbocycles. The van der Waals surface area contributed by atoms with Gasteiger partial charge in [-0.1, -0.05) is 37.3 Å². The van der Waals surface area contributed by atoms with E-state index in [2.05, 4.69) is 5.10 Å². The summed E-state index contributed by atoms with van der Waals surface area (Å²) in [7, 11) is 0. The summed E-state index contributed by atoms with van der Waals surface area (Å²) in [6.45, 7) is 2.24. The zero-order valence-corrected chi connectivity index (χ0v) is 18.0. The molecule has 0 bridgehead atoms. The maximum atomic E-state index is 14.5. The van der Waals surface area contributed by atoms with E-state index in [1.54, 1.807) is 11.6 Å². The average molecular weight is 444 g/mol. The van der Waals surface area contributed by atoms with Crippen LogP contribution in [0.3, 0.4) is 0 Å². The van der Waals surface area contributed by atoms with Crippen LogP contribution in [-0.4, -0.2) is 34.1 Å². The van der Waals surface area contributed by atoms with Crippen molar-refractivity contribution in [3.05, 3.63) is 52.8 Å². The number of esters is 1. The number of carbonyl (C=O) groups excluding carboxylic acids is 2. The summed E-state index contributed by atoms with van der Waals surface area (Å²) in [4.78, 5) is 25.3. The highest BCUT2D eigenvalue weighted by Gasteiger charge is 2.78. The molecule has 1 unspecified atom stereocenters. The molecule has 0 N–H and O–H groups in total. The van der Waals surface area contributed by atoms with Gasteiger partial charge in [0.2, 0.25) is 0 Å². The number of aromatic nitrogens is 2. The Balaban J connectivity index is 1.37. The predicted molar refractivity (Wildman–Crippen MR) is 110 cm³/mol. The Kier molecular flexibility index (Phi) is 5.15. The fourth-order valence-corrected chi connectivity index (χ4v) is 5.11. The van der Waals surface area contributed by atoms with E-state index in [4.69, 9.17) is 9.47 Å². The van der Waals surface area contributed by atoms with E-state index >= 15 is 0 Å². The van der Waals surface area contributed by atoms with E-state index in [1.165, 1.54) is 0 Å². The summed E-state index contributed by atoms with van der Waals surface area (Å²) in [6.07, 6.45) is 2.01. The standard InChI is InChI=1S/C24H26F2N2O4/c1-23-13-17-16(11-19(23)24(23,25)26)22(27-28(17)20-9-5-6-10-31-20)18(29)12-21(30)32-14-15-7-3-2-4-8-15/h2-4,7-8,19-20H,5-6,9-14H2,1H3/t19-,20?,23+/m0/s1. The van der Waals surface area contributed by atoms with E-state index < -0.39 is 35.4 Å². The number of alkyl halides is 2. The lowest BCUT2D eigenvalue weighted by Crippen LogP contribution is -2.24. The van der Waals surface area contributed by atoms with Crippen LogP contribution in [0.2, 0.25) is 0 Å². The third kappa shape index (κ3) is 3.45. The Morgan fingerprint density at radius 1 is 1.25 bits per heavy atom. The molecule has 1 saturated heterocycles. The number of ether oxygens (including phenoxy) is 2. The molecule has 1 aliphatic heterocycles. The molecule has 5 rings (SSSR count). The summed E-state index contributed by atoms with van der Waals surface area (Å²) in [5.41, 5.74) is 1.00. The van der Waals surface area contributed by atoms with Gasteiger partial charge >= 0.3 is 5.97 Å². The zero-order valence-electron chi connectivity index (χ0n) is 18.0. The molecule has 3 atom stereocenters. The van der Waals surface area contributed by atoms with Gasteiger partial charge in [0.05, 0.1) is 0 Å². The van der Waals surface area contributed by atoms with Gasteiger partial charge < -0.3 is 9.47 Å². The van der Waals surface area contributed by atoms with Gasteiger partial charge in [0.25, 0.3) is 5.92 Å². The van der Waals surface area contributed by atoms with Gasteiger partial charge in [-0.25, -0.2) is 13.5 Å². The van der Waals surface area contributed by atoms with Crippen LogP contribution in [0.5, 0.6) is 0 Å². The summed E-state index contributed by atoms with van der Waals surface area (Å²) < 4.78 is 41.7. The number of hydrogen-bond acceptors (Lipinski definition) is 5. The first-order valence-electron chi connectivity index (χ1n) is 11.1. The summed E-state index contributed by atoms with van der Waals surface area (Å²) >= 11 is 0. The molecule has 6 nitrogen and oxygen atoms in total. The van der Waals surface area contributed by atoms with Crippen LogP contribution in [-0.2, 0) is 33.7 Å². The molecule has 2 aromatic rings. The number of carbonyl (C=O) groups is 2. The lowest BCUT2D eigenvalue weighted by molar-refractivity contribution is -0.143. The average Bonchev–Trinajstić information content (AvgIpc) is 3.06. The van der Waals surface area contributed by atoms with Crippen molar-refractivity contribution in [1.29, 1.82) is 0 Å². The highest BCUT2D eigenvalue weighted by molar-refractivity contribution is 6.05. The van der Waals surface area contributed by atoms with E-state index in [9.17, 15) is 18.4 Å². The second kappa shape index (κ2) is 7.76. The van der Waals surface area contributed by atoms with Gasteiger partial charge in [0, 0.05) is 35.6 Å². The number of halogens is 2. The molecule has 32 heavy (non-hydrogen) atoms. The van der Waals surface area contributed by atoms with Gasteiger partial charge in [0.1, 0.15) is 24.9 Å². The zero-order chi connectivity index (χ0) is 22.5. The maximum Gasteiger partial charge on any atom is 0.314 e. The molecular weight excluding hydrogens is 418 g/mol. The van der Waals surface area contributed by atoms with Crippen molar-refractivity contribution in [1.82, 2.24) is 9.78 Å². The SMILES string of the molecule is C[C@@]12Cc3c(c(C(=O)CC(=O)OCc4ccccc4)nn3C3CCCCO3)C[C@@H]1C2(F)F. The van der Waals surface area contributed by atoms with Crippen LogP contribution in [0, 0.1) is 11.3 Å².